The molecule has 1 fully saturated rings. The van der Waals surface area contributed by atoms with Crippen molar-refractivity contribution in [2.45, 2.75) is 38.3 Å². The second-order valence-electron chi connectivity index (χ2n) is 5.59. The summed E-state index contributed by atoms with van der Waals surface area (Å²) in [4.78, 5) is 12.2. The summed E-state index contributed by atoms with van der Waals surface area (Å²) < 4.78 is 12.6. The fourth-order valence-corrected chi connectivity index (χ4v) is 2.89. The van der Waals surface area contributed by atoms with Crippen LogP contribution >= 0.6 is 11.6 Å². The molecule has 0 radical (unpaired) electrons. The van der Waals surface area contributed by atoms with Gasteiger partial charge in [-0.15, -0.1) is 0 Å². The van der Waals surface area contributed by atoms with E-state index in [2.05, 4.69) is 11.2 Å². The lowest BCUT2D eigenvalue weighted by Crippen LogP contribution is -2.29. The molecule has 2 heterocycles. The summed E-state index contributed by atoms with van der Waals surface area (Å²) in [5, 5.41) is 13.7. The van der Waals surface area contributed by atoms with Gasteiger partial charge in [0.15, 0.2) is 0 Å². The molecule has 120 valence electrons. The highest BCUT2D eigenvalue weighted by molar-refractivity contribution is 6.30. The molecule has 6 nitrogen and oxygen atoms in total. The van der Waals surface area contributed by atoms with Crippen LogP contribution in [0.1, 0.15) is 42.0 Å². The van der Waals surface area contributed by atoms with E-state index in [1.165, 1.54) is 6.20 Å². The van der Waals surface area contributed by atoms with Gasteiger partial charge in [0.2, 0.25) is 5.76 Å². The first-order chi connectivity index (χ1) is 11.2. The van der Waals surface area contributed by atoms with E-state index in [1.807, 2.05) is 0 Å². The zero-order valence-corrected chi connectivity index (χ0v) is 13.2. The zero-order chi connectivity index (χ0) is 16.2. The number of nitrogens with zero attached hydrogens (tertiary/aromatic N) is 3. The Morgan fingerprint density at radius 2 is 2.30 bits per heavy atom. The molecule has 0 N–H and O–H groups in total. The Morgan fingerprint density at radius 3 is 3.04 bits per heavy atom. The fourth-order valence-electron chi connectivity index (χ4n) is 2.74. The number of ether oxygens (including phenoxy) is 1. The molecule has 7 heteroatoms. The van der Waals surface area contributed by atoms with Crippen molar-refractivity contribution in [2.24, 2.45) is 5.92 Å². The third-order valence-corrected chi connectivity index (χ3v) is 4.10. The minimum Gasteiger partial charge on any atom is -0.455 e. The molecule has 2 aromatic rings. The number of rotatable bonds is 4. The van der Waals surface area contributed by atoms with Crippen LogP contribution in [0, 0.1) is 17.2 Å². The fraction of sp³-hybridized carbons (Fsp3) is 0.438. The van der Waals surface area contributed by atoms with Crippen molar-refractivity contribution >= 4 is 17.6 Å². The van der Waals surface area contributed by atoms with Crippen LogP contribution in [0.5, 0.6) is 0 Å². The van der Waals surface area contributed by atoms with Gasteiger partial charge in [0.1, 0.15) is 11.9 Å². The monoisotopic (exact) mass is 333 g/mol. The van der Waals surface area contributed by atoms with Crippen LogP contribution < -0.4 is 0 Å². The maximum Gasteiger partial charge on any atom is 0.374 e. The lowest BCUT2D eigenvalue weighted by Gasteiger charge is -2.25. The number of furan rings is 1. The van der Waals surface area contributed by atoms with Crippen LogP contribution in [0.15, 0.2) is 28.9 Å². The van der Waals surface area contributed by atoms with Crippen molar-refractivity contribution in [3.8, 4) is 6.07 Å². The van der Waals surface area contributed by atoms with Gasteiger partial charge in [-0.1, -0.05) is 18.0 Å². The Kier molecular flexibility index (Phi) is 4.68. The molecule has 1 aliphatic carbocycles. The molecule has 0 unspecified atom stereocenters. The maximum absolute atomic E-state index is 12.2. The third kappa shape index (κ3) is 3.74. The first-order valence-corrected chi connectivity index (χ1v) is 7.91. The van der Waals surface area contributed by atoms with Gasteiger partial charge in [0, 0.05) is 6.20 Å². The molecule has 1 saturated carbocycles. The van der Waals surface area contributed by atoms with Gasteiger partial charge in [-0.25, -0.2) is 4.79 Å². The molecule has 0 aliphatic heterocycles. The van der Waals surface area contributed by atoms with E-state index in [1.54, 1.807) is 23.0 Å². The van der Waals surface area contributed by atoms with Crippen LogP contribution in [0.25, 0.3) is 0 Å². The quantitative estimate of drug-likeness (QED) is 0.801. The highest BCUT2D eigenvalue weighted by Crippen LogP contribution is 2.27. The Balaban J connectivity index is 1.63. The Labute approximate surface area is 138 Å². The molecular weight excluding hydrogens is 318 g/mol. The summed E-state index contributed by atoms with van der Waals surface area (Å²) in [5.41, 5.74) is 0. The van der Waals surface area contributed by atoms with Crippen molar-refractivity contribution in [3.63, 3.8) is 0 Å². The normalized spacial score (nSPS) is 20.9. The topological polar surface area (TPSA) is 81.0 Å². The smallest absolute Gasteiger partial charge is 0.374 e. The van der Waals surface area contributed by atoms with Crippen molar-refractivity contribution in [1.82, 2.24) is 9.78 Å². The molecule has 0 amide bonds. The maximum atomic E-state index is 12.2. The summed E-state index contributed by atoms with van der Waals surface area (Å²) in [6.07, 6.45) is 6.33. The molecule has 0 bridgehead atoms. The number of carbonyl (C=O) groups is 1. The largest absolute Gasteiger partial charge is 0.455 e. The van der Waals surface area contributed by atoms with E-state index in [4.69, 9.17) is 26.0 Å². The summed E-state index contributed by atoms with van der Waals surface area (Å²) in [6, 6.07) is 5.50. The van der Waals surface area contributed by atoms with Crippen LogP contribution in [-0.2, 0) is 11.3 Å². The van der Waals surface area contributed by atoms with E-state index < -0.39 is 5.97 Å². The summed E-state index contributed by atoms with van der Waals surface area (Å²) in [7, 11) is 0. The summed E-state index contributed by atoms with van der Waals surface area (Å²) in [6.45, 7) is 0.379. The Bertz CT molecular complexity index is 731. The summed E-state index contributed by atoms with van der Waals surface area (Å²) >= 11 is 5.80. The molecule has 1 aliphatic rings. The minimum absolute atomic E-state index is 0.139. The van der Waals surface area contributed by atoms with Crippen molar-refractivity contribution < 1.29 is 13.9 Å². The predicted octanol–water partition coefficient (Wildman–Crippen LogP) is 3.42. The molecule has 2 aromatic heterocycles. The van der Waals surface area contributed by atoms with E-state index in [0.29, 0.717) is 17.3 Å². The molecular formula is C16H16ClN3O3. The van der Waals surface area contributed by atoms with Gasteiger partial charge in [-0.05, 0) is 31.4 Å². The third-order valence-electron chi connectivity index (χ3n) is 3.91. The first kappa shape index (κ1) is 15.6. The number of hydrogen-bond donors (Lipinski definition) is 0. The molecule has 23 heavy (non-hydrogen) atoms. The predicted molar refractivity (Wildman–Crippen MR) is 81.8 cm³/mol. The standard InChI is InChI=1S/C16H16ClN3O3/c17-12-8-19-20(9-12)10-13-5-6-15(22-13)16(21)23-14-4-2-1-3-11(14)7-18/h5-6,8-9,11,14H,1-4,10H2/t11-,14+/m1/s1. The van der Waals surface area contributed by atoms with E-state index in [9.17, 15) is 4.79 Å². The molecule has 0 saturated heterocycles. The lowest BCUT2D eigenvalue weighted by molar-refractivity contribution is 0.00735. The average molecular weight is 334 g/mol. The molecule has 3 rings (SSSR count). The second-order valence-corrected chi connectivity index (χ2v) is 6.02. The Hall–Kier alpha value is -2.26. The van der Waals surface area contributed by atoms with Crippen molar-refractivity contribution in [1.29, 1.82) is 5.26 Å². The lowest BCUT2D eigenvalue weighted by atomic mass is 9.87. The van der Waals surface area contributed by atoms with Crippen LogP contribution in [0.2, 0.25) is 5.02 Å². The van der Waals surface area contributed by atoms with E-state index in [0.717, 1.165) is 25.7 Å². The number of esters is 1. The number of nitriles is 1. The first-order valence-electron chi connectivity index (χ1n) is 7.53. The van der Waals surface area contributed by atoms with Crippen LogP contribution in [0.4, 0.5) is 0 Å². The van der Waals surface area contributed by atoms with Gasteiger partial charge in [-0.3, -0.25) is 4.68 Å². The Morgan fingerprint density at radius 1 is 1.48 bits per heavy atom. The number of aromatic nitrogens is 2. The number of hydrogen-bond acceptors (Lipinski definition) is 5. The second kappa shape index (κ2) is 6.88. The highest BCUT2D eigenvalue weighted by Gasteiger charge is 2.29. The average Bonchev–Trinajstić information content (AvgIpc) is 3.17. The molecule has 2 atom stereocenters. The van der Waals surface area contributed by atoms with E-state index in [-0.39, 0.29) is 17.8 Å². The van der Waals surface area contributed by atoms with Crippen molar-refractivity contribution in [2.75, 3.05) is 0 Å². The summed E-state index contributed by atoms with van der Waals surface area (Å²) in [5.74, 6) is -0.0343. The number of carbonyl (C=O) groups excluding carboxylic acids is 1. The van der Waals surface area contributed by atoms with Gasteiger partial charge in [0.05, 0.1) is 29.8 Å². The van der Waals surface area contributed by atoms with Gasteiger partial charge < -0.3 is 9.15 Å². The van der Waals surface area contributed by atoms with Gasteiger partial charge >= 0.3 is 5.97 Å². The molecule has 0 spiro atoms. The van der Waals surface area contributed by atoms with Gasteiger partial charge in [0.25, 0.3) is 0 Å². The van der Waals surface area contributed by atoms with Crippen LogP contribution in [0.3, 0.4) is 0 Å². The van der Waals surface area contributed by atoms with Crippen molar-refractivity contribution in [3.05, 3.63) is 41.1 Å². The van der Waals surface area contributed by atoms with Gasteiger partial charge in [-0.2, -0.15) is 10.4 Å². The highest BCUT2D eigenvalue weighted by atomic mass is 35.5. The number of halogens is 1. The SMILES string of the molecule is N#C[C@H]1CCCC[C@@H]1OC(=O)c1ccc(Cn2cc(Cl)cn2)o1. The minimum atomic E-state index is -0.526. The molecule has 0 aromatic carbocycles. The zero-order valence-electron chi connectivity index (χ0n) is 12.4. The van der Waals surface area contributed by atoms with Crippen LogP contribution in [-0.4, -0.2) is 21.9 Å². The van der Waals surface area contributed by atoms with E-state index >= 15 is 0 Å².